The lowest BCUT2D eigenvalue weighted by Crippen LogP contribution is -2.53. The van der Waals surface area contributed by atoms with E-state index < -0.39 is 11.3 Å². The van der Waals surface area contributed by atoms with Crippen LogP contribution >= 0.6 is 12.8 Å². The van der Waals surface area contributed by atoms with Crippen LogP contribution in [0.3, 0.4) is 0 Å². The summed E-state index contributed by atoms with van der Waals surface area (Å²) in [7, 11) is 5.41. The van der Waals surface area contributed by atoms with Gasteiger partial charge in [-0.15, -0.1) is 0 Å². The van der Waals surface area contributed by atoms with E-state index in [1.165, 1.54) is 30.5 Å². The van der Waals surface area contributed by atoms with Gasteiger partial charge in [0, 0.05) is 41.0 Å². The average molecular weight is 621 g/mol. The molecule has 0 bridgehead atoms. The van der Waals surface area contributed by atoms with Gasteiger partial charge in [-0.05, 0) is 80.7 Å². The number of rotatable bonds is 5. The average Bonchev–Trinajstić information content (AvgIpc) is 3.70. The predicted molar refractivity (Wildman–Crippen MR) is 174 cm³/mol. The molecule has 4 aliphatic rings. The molecule has 44 heavy (non-hydrogen) atoms. The van der Waals surface area contributed by atoms with Gasteiger partial charge in [0.15, 0.2) is 0 Å². The summed E-state index contributed by atoms with van der Waals surface area (Å²) >= 11 is 3.80. The number of methoxy groups -OCH3 is 1. The molecule has 3 fully saturated rings. The van der Waals surface area contributed by atoms with E-state index in [0.717, 1.165) is 47.0 Å². The van der Waals surface area contributed by atoms with Gasteiger partial charge in [0.25, 0.3) is 0 Å². The zero-order chi connectivity index (χ0) is 31.2. The van der Waals surface area contributed by atoms with Crippen molar-refractivity contribution in [2.45, 2.75) is 62.9 Å². The number of aromatic nitrogens is 1. The Hall–Kier alpha value is -3.05. The molecule has 3 aromatic rings. The number of carbonyl (C=O) groups is 2. The summed E-state index contributed by atoms with van der Waals surface area (Å²) < 4.78 is 15.3. The first-order valence-corrected chi connectivity index (χ1v) is 16.1. The maximum absolute atomic E-state index is 14.5. The standard InChI is InChI=1S/C32H37N3O5.C2H7NS/c1-39-22-8-10-23-25(14-22)26-15-32(26,31(38)34-11-12-40-17-21(34)16-36)18-35-27-13-20(30(33)37)7-9-24(27)28(29(23)35)19-5-3-2-4-6-19;1-3(2)4/h7-10,13-14,19,21,26,36H,2-6,11-12,15-18H2,1H3,(H2,33,37);4H,1-2H3/t21-,26?,32?;/m1./s1. The molecule has 2 amide bonds. The van der Waals surface area contributed by atoms with Crippen molar-refractivity contribution in [2.75, 3.05) is 47.6 Å². The zero-order valence-electron chi connectivity index (χ0n) is 25.9. The second-order valence-electron chi connectivity index (χ2n) is 12.9. The van der Waals surface area contributed by atoms with Gasteiger partial charge in [0.2, 0.25) is 11.8 Å². The summed E-state index contributed by atoms with van der Waals surface area (Å²) in [6, 6.07) is 11.8. The molecule has 0 spiro atoms. The Bertz CT molecular complexity index is 1560. The molecule has 3 atom stereocenters. The highest BCUT2D eigenvalue weighted by molar-refractivity contribution is 7.77. The van der Waals surface area contributed by atoms with Crippen molar-refractivity contribution in [3.63, 3.8) is 0 Å². The molecule has 1 saturated heterocycles. The van der Waals surface area contributed by atoms with Crippen LogP contribution in [0.25, 0.3) is 22.2 Å². The van der Waals surface area contributed by atoms with E-state index in [1.54, 1.807) is 11.4 Å². The van der Waals surface area contributed by atoms with E-state index in [1.807, 2.05) is 37.2 Å². The lowest BCUT2D eigenvalue weighted by molar-refractivity contribution is -0.148. The smallest absolute Gasteiger partial charge is 0.248 e. The number of aliphatic hydroxyl groups excluding tert-OH is 1. The fourth-order valence-electron chi connectivity index (χ4n) is 7.79. The minimum atomic E-state index is -0.643. The second-order valence-corrected chi connectivity index (χ2v) is 13.7. The van der Waals surface area contributed by atoms with Gasteiger partial charge in [-0.2, -0.15) is 0 Å². The van der Waals surface area contributed by atoms with Crippen LogP contribution in [0.15, 0.2) is 36.4 Å². The SMILES string of the molecule is CN(C)S.COc1ccc2c(c1)C1CC1(C(=O)N1CCOC[C@H]1CO)Cn1c-2c(C2CCCCC2)c2ccc(C(N)=O)cc21. The topological polar surface area (TPSA) is 110 Å². The highest BCUT2D eigenvalue weighted by Gasteiger charge is 2.64. The maximum atomic E-state index is 14.5. The fourth-order valence-corrected chi connectivity index (χ4v) is 7.79. The highest BCUT2D eigenvalue weighted by atomic mass is 32.1. The molecule has 1 aromatic heterocycles. The number of nitrogens with zero attached hydrogens (tertiary/aromatic N) is 3. The van der Waals surface area contributed by atoms with E-state index in [0.29, 0.717) is 37.8 Å². The Labute approximate surface area is 264 Å². The van der Waals surface area contributed by atoms with Crippen molar-refractivity contribution in [1.29, 1.82) is 0 Å². The molecule has 2 saturated carbocycles. The molecule has 3 N–H and O–H groups in total. The van der Waals surface area contributed by atoms with E-state index in [9.17, 15) is 14.7 Å². The van der Waals surface area contributed by atoms with Gasteiger partial charge in [0.1, 0.15) is 5.75 Å². The molecule has 236 valence electrons. The van der Waals surface area contributed by atoms with Gasteiger partial charge in [-0.25, -0.2) is 0 Å². The number of ether oxygens (including phenoxy) is 2. The number of hydrogen-bond acceptors (Lipinski definition) is 7. The van der Waals surface area contributed by atoms with Crippen LogP contribution < -0.4 is 10.5 Å². The van der Waals surface area contributed by atoms with Crippen LogP contribution in [0.2, 0.25) is 0 Å². The lowest BCUT2D eigenvalue weighted by Gasteiger charge is -2.37. The number of morpholine rings is 1. The van der Waals surface area contributed by atoms with E-state index in [2.05, 4.69) is 35.6 Å². The third-order valence-electron chi connectivity index (χ3n) is 9.93. The first-order valence-electron chi connectivity index (χ1n) is 15.7. The summed E-state index contributed by atoms with van der Waals surface area (Å²) in [6.07, 6.45) is 6.67. The minimum Gasteiger partial charge on any atom is -0.497 e. The molecule has 2 unspecified atom stereocenters. The normalized spacial score (nSPS) is 24.5. The number of thiol groups is 1. The predicted octanol–water partition coefficient (Wildman–Crippen LogP) is 4.56. The molecule has 2 aliphatic heterocycles. The monoisotopic (exact) mass is 620 g/mol. The number of fused-ring (bicyclic) bond motifs is 7. The van der Waals surface area contributed by atoms with E-state index in [4.69, 9.17) is 15.2 Å². The van der Waals surface area contributed by atoms with Crippen LogP contribution in [0, 0.1) is 5.41 Å². The van der Waals surface area contributed by atoms with Gasteiger partial charge >= 0.3 is 0 Å². The first-order chi connectivity index (χ1) is 21.2. The van der Waals surface area contributed by atoms with Crippen molar-refractivity contribution >= 4 is 35.5 Å². The number of hydrogen-bond donors (Lipinski definition) is 3. The van der Waals surface area contributed by atoms with Gasteiger partial charge in [0.05, 0.1) is 44.1 Å². The molecule has 2 aliphatic carbocycles. The number of primary amides is 1. The van der Waals surface area contributed by atoms with Crippen LogP contribution in [-0.2, 0) is 16.1 Å². The maximum Gasteiger partial charge on any atom is 0.248 e. The van der Waals surface area contributed by atoms with Crippen molar-refractivity contribution < 1.29 is 24.2 Å². The largest absolute Gasteiger partial charge is 0.497 e. The third kappa shape index (κ3) is 5.40. The van der Waals surface area contributed by atoms with Crippen LogP contribution in [-0.4, -0.2) is 84.3 Å². The number of benzene rings is 2. The molecule has 0 radical (unpaired) electrons. The fraction of sp³-hybridized carbons (Fsp3) is 0.529. The Morgan fingerprint density at radius 3 is 2.59 bits per heavy atom. The number of aliphatic hydroxyl groups is 1. The van der Waals surface area contributed by atoms with Gasteiger partial charge in [-0.3, -0.25) is 13.9 Å². The van der Waals surface area contributed by atoms with Crippen molar-refractivity contribution in [3.8, 4) is 17.0 Å². The highest BCUT2D eigenvalue weighted by Crippen LogP contribution is 2.66. The Morgan fingerprint density at radius 2 is 1.91 bits per heavy atom. The quantitative estimate of drug-likeness (QED) is 0.361. The summed E-state index contributed by atoms with van der Waals surface area (Å²) in [5, 5.41) is 11.2. The summed E-state index contributed by atoms with van der Waals surface area (Å²) in [5.41, 5.74) is 11.3. The van der Waals surface area contributed by atoms with Crippen LogP contribution in [0.4, 0.5) is 0 Å². The van der Waals surface area contributed by atoms with Crippen molar-refractivity contribution in [1.82, 2.24) is 13.8 Å². The van der Waals surface area contributed by atoms with E-state index >= 15 is 0 Å². The van der Waals surface area contributed by atoms with Crippen LogP contribution in [0.5, 0.6) is 5.75 Å². The minimum absolute atomic E-state index is 0.0424. The Morgan fingerprint density at radius 1 is 1.16 bits per heavy atom. The van der Waals surface area contributed by atoms with Crippen LogP contribution in [0.1, 0.15) is 71.8 Å². The molecule has 2 aromatic carbocycles. The van der Waals surface area contributed by atoms with Crippen molar-refractivity contribution in [3.05, 3.63) is 53.1 Å². The van der Waals surface area contributed by atoms with Crippen molar-refractivity contribution in [2.24, 2.45) is 11.1 Å². The number of amides is 2. The number of carbonyl (C=O) groups excluding carboxylic acids is 2. The molecule has 9 nitrogen and oxygen atoms in total. The molecular weight excluding hydrogens is 576 g/mol. The molecule has 7 rings (SSSR count). The molecular formula is C34H44N4O5S. The van der Waals surface area contributed by atoms with Gasteiger partial charge < -0.3 is 29.8 Å². The molecule has 3 heterocycles. The van der Waals surface area contributed by atoms with E-state index in [-0.39, 0.29) is 24.5 Å². The number of nitrogens with two attached hydrogens (primary N) is 1. The lowest BCUT2D eigenvalue weighted by atomic mass is 9.81. The first kappa shape index (κ1) is 31.0. The Balaban J connectivity index is 0.000000810. The zero-order valence-corrected chi connectivity index (χ0v) is 26.8. The van der Waals surface area contributed by atoms with Gasteiger partial charge in [-0.1, -0.05) is 38.1 Å². The third-order valence-corrected chi connectivity index (χ3v) is 9.93. The summed E-state index contributed by atoms with van der Waals surface area (Å²) in [4.78, 5) is 28.6. The summed E-state index contributed by atoms with van der Waals surface area (Å²) in [5.74, 6) is 0.867. The molecule has 10 heteroatoms. The Kier molecular flexibility index (Phi) is 8.71. The second kappa shape index (κ2) is 12.4. The summed E-state index contributed by atoms with van der Waals surface area (Å²) in [6.45, 7) is 1.69.